The van der Waals surface area contributed by atoms with Gasteiger partial charge in [-0.15, -0.1) is 0 Å². The molecule has 1 amide bonds. The van der Waals surface area contributed by atoms with Crippen molar-refractivity contribution in [3.63, 3.8) is 0 Å². The Labute approximate surface area is 120 Å². The first-order valence-electron chi connectivity index (χ1n) is 6.62. The van der Waals surface area contributed by atoms with E-state index in [1.165, 1.54) is 0 Å². The van der Waals surface area contributed by atoms with Crippen LogP contribution in [0.4, 0.5) is 11.4 Å². The molecule has 3 N–H and O–H groups in total. The average Bonchev–Trinajstić information content (AvgIpc) is 2.40. The fourth-order valence-electron chi connectivity index (χ4n) is 1.91. The number of nitrogen functional groups attached to an aromatic ring is 1. The van der Waals surface area contributed by atoms with E-state index in [2.05, 4.69) is 11.4 Å². The number of hydrogen-bond donors (Lipinski definition) is 2. The van der Waals surface area contributed by atoms with E-state index in [0.717, 1.165) is 11.3 Å². The van der Waals surface area contributed by atoms with Crippen LogP contribution in [0.1, 0.15) is 25.8 Å². The number of nitrogens with zero attached hydrogens (tertiary/aromatic N) is 2. The third-order valence-corrected chi connectivity index (χ3v) is 3.58. The number of rotatable bonds is 5. The number of nitrogens with two attached hydrogens (primary N) is 1. The zero-order chi connectivity index (χ0) is 15.3. The maximum atomic E-state index is 12.2. The van der Waals surface area contributed by atoms with Crippen LogP contribution in [-0.4, -0.2) is 29.9 Å². The summed E-state index contributed by atoms with van der Waals surface area (Å²) >= 11 is 0. The molecule has 0 radical (unpaired) electrons. The molecule has 0 saturated carbocycles. The lowest BCUT2D eigenvalue weighted by molar-refractivity contribution is -0.120. The van der Waals surface area contributed by atoms with Crippen molar-refractivity contribution in [3.8, 4) is 6.07 Å². The predicted octanol–water partition coefficient (Wildman–Crippen LogP) is 2.14. The topological polar surface area (TPSA) is 82.2 Å². The van der Waals surface area contributed by atoms with E-state index in [9.17, 15) is 4.79 Å². The van der Waals surface area contributed by atoms with Crippen LogP contribution in [0.2, 0.25) is 0 Å². The van der Waals surface area contributed by atoms with Crippen LogP contribution in [0.25, 0.3) is 0 Å². The molecule has 0 spiro atoms. The first-order valence-corrected chi connectivity index (χ1v) is 6.62. The number of nitriles is 1. The Morgan fingerprint density at radius 1 is 1.50 bits per heavy atom. The Morgan fingerprint density at radius 2 is 2.15 bits per heavy atom. The van der Waals surface area contributed by atoms with Gasteiger partial charge >= 0.3 is 0 Å². The van der Waals surface area contributed by atoms with Crippen LogP contribution in [0.5, 0.6) is 0 Å². The van der Waals surface area contributed by atoms with E-state index in [-0.39, 0.29) is 18.0 Å². The van der Waals surface area contributed by atoms with Crippen LogP contribution >= 0.6 is 0 Å². The van der Waals surface area contributed by atoms with Crippen molar-refractivity contribution in [2.45, 2.75) is 39.3 Å². The number of carbonyl (C=O) groups excluding carboxylic acids is 1. The van der Waals surface area contributed by atoms with E-state index < -0.39 is 0 Å². The molecule has 1 aromatic carbocycles. The van der Waals surface area contributed by atoms with Gasteiger partial charge in [-0.1, -0.05) is 0 Å². The highest BCUT2D eigenvalue weighted by atomic mass is 16.2. The monoisotopic (exact) mass is 274 g/mol. The van der Waals surface area contributed by atoms with Crippen molar-refractivity contribution in [1.29, 1.82) is 5.26 Å². The number of amides is 1. The smallest absolute Gasteiger partial charge is 0.241 e. The molecule has 0 fully saturated rings. The number of aryl methyl sites for hydroxylation is 1. The van der Waals surface area contributed by atoms with Gasteiger partial charge in [0.25, 0.3) is 0 Å². The fraction of sp³-hybridized carbons (Fsp3) is 0.467. The Hall–Kier alpha value is -2.06. The summed E-state index contributed by atoms with van der Waals surface area (Å²) in [7, 11) is 1.85. The van der Waals surface area contributed by atoms with Crippen molar-refractivity contribution in [1.82, 2.24) is 4.90 Å². The lowest BCUT2D eigenvalue weighted by Crippen LogP contribution is -2.44. The second-order valence-electron chi connectivity index (χ2n) is 5.12. The van der Waals surface area contributed by atoms with E-state index in [1.54, 1.807) is 12.1 Å². The molecule has 108 valence electrons. The normalized spacial score (nSPS) is 13.6. The van der Waals surface area contributed by atoms with Crippen molar-refractivity contribution in [3.05, 3.63) is 23.8 Å². The number of carbonyl (C=O) groups is 1. The summed E-state index contributed by atoms with van der Waals surface area (Å²) in [5.41, 5.74) is 8.05. The molecule has 5 nitrogen and oxygen atoms in total. The van der Waals surface area contributed by atoms with E-state index >= 15 is 0 Å². The minimum atomic E-state index is -0.310. The van der Waals surface area contributed by atoms with Gasteiger partial charge in [-0.05, 0) is 51.6 Å². The maximum Gasteiger partial charge on any atom is 0.241 e. The molecule has 0 aliphatic heterocycles. The van der Waals surface area contributed by atoms with Crippen LogP contribution in [0.15, 0.2) is 18.2 Å². The largest absolute Gasteiger partial charge is 0.399 e. The third kappa shape index (κ3) is 3.97. The minimum absolute atomic E-state index is 0.0354. The highest BCUT2D eigenvalue weighted by Crippen LogP contribution is 2.18. The molecular formula is C15H22N4O. The molecule has 2 atom stereocenters. The Bertz CT molecular complexity index is 521. The fourth-order valence-corrected chi connectivity index (χ4v) is 1.91. The number of likely N-dealkylation sites (N-methyl/N-ethyl adjacent to an activating group) is 1. The standard InChI is InChI=1S/C15H22N4O/c1-10-9-13(17)5-6-14(10)18-15(20)12(3)19(4)11(2)7-8-16/h5-6,9,11-12H,7,17H2,1-4H3,(H,18,20). The van der Waals surface area contributed by atoms with Gasteiger partial charge in [0.1, 0.15) is 0 Å². The summed E-state index contributed by atoms with van der Waals surface area (Å²) in [5.74, 6) is -0.0924. The quantitative estimate of drug-likeness (QED) is 0.806. The SMILES string of the molecule is Cc1cc(N)ccc1NC(=O)C(C)N(C)C(C)CC#N. The Morgan fingerprint density at radius 3 is 2.70 bits per heavy atom. The van der Waals surface area contributed by atoms with E-state index in [4.69, 9.17) is 11.0 Å². The number of nitrogens with one attached hydrogen (secondary N) is 1. The van der Waals surface area contributed by atoms with Gasteiger partial charge < -0.3 is 11.1 Å². The molecule has 0 aliphatic rings. The summed E-state index contributed by atoms with van der Waals surface area (Å²) in [5, 5.41) is 11.6. The molecule has 0 heterocycles. The minimum Gasteiger partial charge on any atom is -0.399 e. The van der Waals surface area contributed by atoms with Crippen molar-refractivity contribution < 1.29 is 4.79 Å². The van der Waals surface area contributed by atoms with Gasteiger partial charge in [-0.25, -0.2) is 0 Å². The van der Waals surface area contributed by atoms with Crippen molar-refractivity contribution >= 4 is 17.3 Å². The number of anilines is 2. The second-order valence-corrected chi connectivity index (χ2v) is 5.12. The summed E-state index contributed by atoms with van der Waals surface area (Å²) in [6, 6.07) is 7.23. The van der Waals surface area contributed by atoms with E-state index in [0.29, 0.717) is 12.1 Å². The molecule has 0 bridgehead atoms. The second kappa shape index (κ2) is 6.92. The lowest BCUT2D eigenvalue weighted by atomic mass is 10.1. The molecule has 0 aliphatic carbocycles. The molecular weight excluding hydrogens is 252 g/mol. The predicted molar refractivity (Wildman–Crippen MR) is 81.1 cm³/mol. The summed E-state index contributed by atoms with van der Waals surface area (Å²) in [4.78, 5) is 14.1. The molecule has 5 heteroatoms. The first-order chi connectivity index (χ1) is 9.36. The summed E-state index contributed by atoms with van der Waals surface area (Å²) in [6.45, 7) is 5.66. The molecule has 1 aromatic rings. The highest BCUT2D eigenvalue weighted by molar-refractivity contribution is 5.95. The van der Waals surface area contributed by atoms with Gasteiger partial charge in [0.05, 0.1) is 18.5 Å². The van der Waals surface area contributed by atoms with Gasteiger partial charge in [-0.2, -0.15) is 5.26 Å². The van der Waals surface area contributed by atoms with Crippen LogP contribution in [0.3, 0.4) is 0 Å². The Kier molecular flexibility index (Phi) is 5.53. The molecule has 0 saturated heterocycles. The summed E-state index contributed by atoms with van der Waals surface area (Å²) < 4.78 is 0. The molecule has 20 heavy (non-hydrogen) atoms. The van der Waals surface area contributed by atoms with Gasteiger partial charge in [-0.3, -0.25) is 9.69 Å². The number of hydrogen-bond acceptors (Lipinski definition) is 4. The zero-order valence-corrected chi connectivity index (χ0v) is 12.5. The van der Waals surface area contributed by atoms with Crippen LogP contribution < -0.4 is 11.1 Å². The molecule has 2 unspecified atom stereocenters. The molecule has 1 rings (SSSR count). The Balaban J connectivity index is 2.73. The zero-order valence-electron chi connectivity index (χ0n) is 12.5. The van der Waals surface area contributed by atoms with Gasteiger partial charge in [0.2, 0.25) is 5.91 Å². The third-order valence-electron chi connectivity index (χ3n) is 3.58. The van der Waals surface area contributed by atoms with Gasteiger partial charge in [0, 0.05) is 17.4 Å². The van der Waals surface area contributed by atoms with Gasteiger partial charge in [0.15, 0.2) is 0 Å². The summed E-state index contributed by atoms with van der Waals surface area (Å²) in [6.07, 6.45) is 0.398. The lowest BCUT2D eigenvalue weighted by Gasteiger charge is -2.28. The van der Waals surface area contributed by atoms with Crippen molar-refractivity contribution in [2.75, 3.05) is 18.1 Å². The van der Waals surface area contributed by atoms with Crippen LogP contribution in [-0.2, 0) is 4.79 Å². The van der Waals surface area contributed by atoms with Crippen LogP contribution in [0, 0.1) is 18.3 Å². The van der Waals surface area contributed by atoms with E-state index in [1.807, 2.05) is 38.8 Å². The maximum absolute atomic E-state index is 12.2. The highest BCUT2D eigenvalue weighted by Gasteiger charge is 2.22. The van der Waals surface area contributed by atoms with Crippen molar-refractivity contribution in [2.24, 2.45) is 0 Å². The average molecular weight is 274 g/mol. The first kappa shape index (κ1) is 16.0. The number of benzene rings is 1. The molecule has 0 aromatic heterocycles.